The number of hydrogen-bond donors (Lipinski definition) is 1. The number of nitrogens with one attached hydrogen (secondary N) is 1. The molecule has 4 heteroatoms. The SMILES string of the molecule is CCC(c1cc(=O)[nH]c(SC(C)C)n1)c1cccc2ccccc12. The van der Waals surface area contributed by atoms with Crippen LogP contribution >= 0.6 is 11.8 Å². The fourth-order valence-electron chi connectivity index (χ4n) is 3.05. The van der Waals surface area contributed by atoms with Crippen LogP contribution in [0.25, 0.3) is 10.8 Å². The molecule has 0 aliphatic heterocycles. The first kappa shape index (κ1) is 16.8. The lowest BCUT2D eigenvalue weighted by molar-refractivity contribution is 0.724. The van der Waals surface area contributed by atoms with E-state index in [0.717, 1.165) is 12.1 Å². The molecule has 0 radical (unpaired) electrons. The maximum atomic E-state index is 12.1. The molecule has 0 aliphatic carbocycles. The van der Waals surface area contributed by atoms with Crippen molar-refractivity contribution in [2.24, 2.45) is 0 Å². The number of nitrogens with zero attached hydrogens (tertiary/aromatic N) is 1. The van der Waals surface area contributed by atoms with E-state index in [0.29, 0.717) is 10.4 Å². The molecule has 0 saturated heterocycles. The number of hydrogen-bond acceptors (Lipinski definition) is 3. The summed E-state index contributed by atoms with van der Waals surface area (Å²) >= 11 is 1.59. The van der Waals surface area contributed by atoms with Crippen LogP contribution in [0.15, 0.2) is 58.5 Å². The fourth-order valence-corrected chi connectivity index (χ4v) is 3.82. The van der Waals surface area contributed by atoms with Crippen LogP contribution in [0.1, 0.15) is 44.4 Å². The summed E-state index contributed by atoms with van der Waals surface area (Å²) in [7, 11) is 0. The van der Waals surface area contributed by atoms with Gasteiger partial charge in [-0.05, 0) is 22.8 Å². The van der Waals surface area contributed by atoms with E-state index < -0.39 is 0 Å². The van der Waals surface area contributed by atoms with Gasteiger partial charge in [-0.2, -0.15) is 0 Å². The molecule has 0 fully saturated rings. The number of benzene rings is 2. The van der Waals surface area contributed by atoms with Gasteiger partial charge in [0.2, 0.25) is 0 Å². The van der Waals surface area contributed by atoms with Crippen LogP contribution in [0, 0.1) is 0 Å². The Bertz CT molecular complexity index is 896. The van der Waals surface area contributed by atoms with Gasteiger partial charge >= 0.3 is 0 Å². The molecule has 1 heterocycles. The quantitative estimate of drug-likeness (QED) is 0.528. The van der Waals surface area contributed by atoms with Crippen LogP contribution in [-0.4, -0.2) is 15.2 Å². The Hall–Kier alpha value is -2.07. The van der Waals surface area contributed by atoms with Gasteiger partial charge in [0.15, 0.2) is 5.16 Å². The van der Waals surface area contributed by atoms with Crippen LogP contribution < -0.4 is 5.56 Å². The van der Waals surface area contributed by atoms with E-state index in [1.807, 2.05) is 0 Å². The van der Waals surface area contributed by atoms with Crippen molar-refractivity contribution in [1.82, 2.24) is 9.97 Å². The number of H-pyrrole nitrogens is 1. The van der Waals surface area contributed by atoms with Gasteiger partial charge in [-0.15, -0.1) is 0 Å². The van der Waals surface area contributed by atoms with Crippen molar-refractivity contribution in [1.29, 1.82) is 0 Å². The highest BCUT2D eigenvalue weighted by molar-refractivity contribution is 7.99. The maximum absolute atomic E-state index is 12.1. The third-order valence-corrected chi connectivity index (χ3v) is 4.94. The van der Waals surface area contributed by atoms with Crippen molar-refractivity contribution in [2.45, 2.75) is 43.5 Å². The first-order chi connectivity index (χ1) is 11.6. The molecule has 0 spiro atoms. The molecule has 1 aromatic heterocycles. The van der Waals surface area contributed by atoms with Crippen molar-refractivity contribution in [3.63, 3.8) is 0 Å². The Balaban J connectivity index is 2.11. The second-order valence-corrected chi connectivity index (χ2v) is 7.74. The summed E-state index contributed by atoms with van der Waals surface area (Å²) in [6.45, 7) is 6.34. The zero-order valence-corrected chi connectivity index (χ0v) is 15.1. The Morgan fingerprint density at radius 2 is 1.88 bits per heavy atom. The highest BCUT2D eigenvalue weighted by Crippen LogP contribution is 2.32. The van der Waals surface area contributed by atoms with Crippen molar-refractivity contribution in [3.05, 3.63) is 70.1 Å². The molecule has 0 aliphatic rings. The highest BCUT2D eigenvalue weighted by Gasteiger charge is 2.18. The van der Waals surface area contributed by atoms with Crippen LogP contribution in [0.2, 0.25) is 0 Å². The normalized spacial score (nSPS) is 12.7. The Labute approximate surface area is 146 Å². The predicted octanol–water partition coefficient (Wildman–Crippen LogP) is 4.97. The lowest BCUT2D eigenvalue weighted by Crippen LogP contribution is -2.14. The molecule has 1 N–H and O–H groups in total. The molecule has 124 valence electrons. The first-order valence-corrected chi connectivity index (χ1v) is 9.22. The van der Waals surface area contributed by atoms with Crippen molar-refractivity contribution in [3.8, 4) is 0 Å². The average molecular weight is 338 g/mol. The van der Waals surface area contributed by atoms with Gasteiger partial charge in [0.25, 0.3) is 5.56 Å². The molecule has 0 saturated carbocycles. The zero-order valence-electron chi connectivity index (χ0n) is 14.2. The Morgan fingerprint density at radius 3 is 2.62 bits per heavy atom. The molecule has 3 rings (SSSR count). The van der Waals surface area contributed by atoms with Crippen molar-refractivity contribution in [2.75, 3.05) is 0 Å². The number of aromatic amines is 1. The molecule has 2 aromatic carbocycles. The minimum Gasteiger partial charge on any atom is -0.301 e. The number of fused-ring (bicyclic) bond motifs is 1. The topological polar surface area (TPSA) is 45.8 Å². The van der Waals surface area contributed by atoms with Gasteiger partial charge < -0.3 is 4.98 Å². The first-order valence-electron chi connectivity index (χ1n) is 8.34. The van der Waals surface area contributed by atoms with E-state index in [9.17, 15) is 4.79 Å². The summed E-state index contributed by atoms with van der Waals surface area (Å²) in [4.78, 5) is 19.7. The van der Waals surface area contributed by atoms with Gasteiger partial charge in [-0.25, -0.2) is 4.98 Å². The molecule has 24 heavy (non-hydrogen) atoms. The minimum atomic E-state index is -0.0816. The zero-order chi connectivity index (χ0) is 17.1. The van der Waals surface area contributed by atoms with Gasteiger partial charge in [0.05, 0.1) is 5.69 Å². The second-order valence-electron chi connectivity index (χ2n) is 6.17. The number of thioether (sulfide) groups is 1. The van der Waals surface area contributed by atoms with Crippen LogP contribution in [0.3, 0.4) is 0 Å². The van der Waals surface area contributed by atoms with Gasteiger partial charge in [-0.3, -0.25) is 4.79 Å². The van der Waals surface area contributed by atoms with Crippen LogP contribution in [-0.2, 0) is 0 Å². The second kappa shape index (κ2) is 7.22. The standard InChI is InChI=1S/C20H22N2OS/c1-4-15(17-11-7-9-14-8-5-6-10-16(14)17)18-12-19(23)22-20(21-18)24-13(2)3/h5-13,15H,4H2,1-3H3,(H,21,22,23). The summed E-state index contributed by atoms with van der Waals surface area (Å²) in [5, 5.41) is 3.52. The molecule has 0 amide bonds. The predicted molar refractivity (Wildman–Crippen MR) is 102 cm³/mol. The lowest BCUT2D eigenvalue weighted by atomic mass is 9.89. The summed E-state index contributed by atoms with van der Waals surface area (Å²) in [5.41, 5.74) is 2.00. The summed E-state index contributed by atoms with van der Waals surface area (Å²) in [6, 6.07) is 16.4. The van der Waals surface area contributed by atoms with E-state index in [-0.39, 0.29) is 11.5 Å². The van der Waals surface area contributed by atoms with E-state index in [1.54, 1.807) is 17.8 Å². The van der Waals surface area contributed by atoms with Crippen molar-refractivity contribution < 1.29 is 0 Å². The molecule has 0 bridgehead atoms. The fraction of sp³-hybridized carbons (Fsp3) is 0.300. The molecular formula is C20H22N2OS. The van der Waals surface area contributed by atoms with E-state index in [4.69, 9.17) is 4.98 Å². The van der Waals surface area contributed by atoms with Gasteiger partial charge in [-0.1, -0.05) is 75.0 Å². The third kappa shape index (κ3) is 3.54. The molecule has 1 unspecified atom stereocenters. The largest absolute Gasteiger partial charge is 0.301 e. The summed E-state index contributed by atoms with van der Waals surface area (Å²) < 4.78 is 0. The number of rotatable bonds is 5. The maximum Gasteiger partial charge on any atom is 0.251 e. The molecule has 3 nitrogen and oxygen atoms in total. The van der Waals surface area contributed by atoms with Crippen molar-refractivity contribution >= 4 is 22.5 Å². The monoisotopic (exact) mass is 338 g/mol. The van der Waals surface area contributed by atoms with Gasteiger partial charge in [0, 0.05) is 17.2 Å². The smallest absolute Gasteiger partial charge is 0.251 e. The average Bonchev–Trinajstić information content (AvgIpc) is 2.54. The Morgan fingerprint density at radius 1 is 1.12 bits per heavy atom. The van der Waals surface area contributed by atoms with E-state index >= 15 is 0 Å². The van der Waals surface area contributed by atoms with Crippen LogP contribution in [0.5, 0.6) is 0 Å². The third-order valence-electron chi connectivity index (χ3n) is 4.05. The van der Waals surface area contributed by atoms with Crippen LogP contribution in [0.4, 0.5) is 0 Å². The summed E-state index contributed by atoms with van der Waals surface area (Å²) in [6.07, 6.45) is 0.899. The molecule has 3 aromatic rings. The number of aromatic nitrogens is 2. The minimum absolute atomic E-state index is 0.0816. The lowest BCUT2D eigenvalue weighted by Gasteiger charge is -2.18. The highest BCUT2D eigenvalue weighted by atomic mass is 32.2. The van der Waals surface area contributed by atoms with E-state index in [1.165, 1.54) is 16.3 Å². The van der Waals surface area contributed by atoms with Gasteiger partial charge in [0.1, 0.15) is 0 Å². The summed E-state index contributed by atoms with van der Waals surface area (Å²) in [5.74, 6) is 0.116. The molecule has 1 atom stereocenters. The molecular weight excluding hydrogens is 316 g/mol. The Kier molecular flexibility index (Phi) is 5.05. The van der Waals surface area contributed by atoms with E-state index in [2.05, 4.69) is 68.2 Å².